The summed E-state index contributed by atoms with van der Waals surface area (Å²) in [5, 5.41) is 29.4. The van der Waals surface area contributed by atoms with Crippen LogP contribution < -0.4 is 5.56 Å². The molecule has 4 N–H and O–H groups in total. The topological polar surface area (TPSA) is 146 Å². The standard InChI is InChI=1S/C13H13N5O5/c19-2-7-8(20)9(21)13(23-7)18-4-16-6-1-5-10(17-11(6)18)14-3-15-12(5)22/h1,3-4,7-9,13,19-21H,2H2,(H,14,15,17,22)/t7-,8-,9-,13-/m1/s1. The van der Waals surface area contributed by atoms with E-state index in [9.17, 15) is 15.0 Å². The number of fused-ring (bicyclic) bond motifs is 2. The van der Waals surface area contributed by atoms with Gasteiger partial charge in [-0.1, -0.05) is 0 Å². The highest BCUT2D eigenvalue weighted by Gasteiger charge is 2.43. The van der Waals surface area contributed by atoms with Crippen molar-refractivity contribution in [3.63, 3.8) is 0 Å². The summed E-state index contributed by atoms with van der Waals surface area (Å²) in [6.07, 6.45) is -1.66. The Bertz CT molecular complexity index is 937. The van der Waals surface area contributed by atoms with Gasteiger partial charge in [0.25, 0.3) is 5.56 Å². The molecule has 0 saturated carbocycles. The average Bonchev–Trinajstić information content (AvgIpc) is 3.08. The molecule has 0 amide bonds. The van der Waals surface area contributed by atoms with Crippen molar-refractivity contribution in [2.75, 3.05) is 6.61 Å². The van der Waals surface area contributed by atoms with Crippen LogP contribution in [-0.4, -0.2) is 64.7 Å². The van der Waals surface area contributed by atoms with E-state index in [0.717, 1.165) is 0 Å². The Kier molecular flexibility index (Phi) is 3.13. The van der Waals surface area contributed by atoms with Crippen LogP contribution in [0.3, 0.4) is 0 Å². The number of hydrogen-bond donors (Lipinski definition) is 4. The van der Waals surface area contributed by atoms with Gasteiger partial charge in [0, 0.05) is 0 Å². The number of H-pyrrole nitrogens is 1. The van der Waals surface area contributed by atoms with Crippen molar-refractivity contribution in [2.24, 2.45) is 0 Å². The molecule has 23 heavy (non-hydrogen) atoms. The van der Waals surface area contributed by atoms with Gasteiger partial charge in [-0.15, -0.1) is 0 Å². The van der Waals surface area contributed by atoms with E-state index in [-0.39, 0.29) is 11.2 Å². The molecule has 3 aromatic rings. The number of nitrogens with zero attached hydrogens (tertiary/aromatic N) is 4. The number of pyridine rings is 1. The summed E-state index contributed by atoms with van der Waals surface area (Å²) in [5.74, 6) is 0. The molecule has 0 aliphatic carbocycles. The van der Waals surface area contributed by atoms with Gasteiger partial charge in [-0.05, 0) is 6.07 Å². The second-order valence-electron chi connectivity index (χ2n) is 5.31. The Morgan fingerprint density at radius 3 is 2.87 bits per heavy atom. The molecule has 4 heterocycles. The first-order chi connectivity index (χ1) is 11.1. The van der Waals surface area contributed by atoms with Crippen LogP contribution in [0.4, 0.5) is 0 Å². The molecule has 1 aliphatic rings. The molecule has 4 atom stereocenters. The molecule has 4 rings (SSSR count). The van der Waals surface area contributed by atoms with E-state index < -0.39 is 31.1 Å². The van der Waals surface area contributed by atoms with Crippen molar-refractivity contribution in [3.8, 4) is 0 Å². The number of rotatable bonds is 2. The lowest BCUT2D eigenvalue weighted by molar-refractivity contribution is -0.0511. The predicted molar refractivity (Wildman–Crippen MR) is 76.5 cm³/mol. The van der Waals surface area contributed by atoms with Crippen molar-refractivity contribution in [3.05, 3.63) is 29.1 Å². The number of aromatic nitrogens is 5. The van der Waals surface area contributed by atoms with E-state index >= 15 is 0 Å². The molecule has 10 heteroatoms. The number of aliphatic hydroxyl groups is 3. The SMILES string of the molecule is O=c1[nH]cnc2nc3c(cc12)ncn3[C@@H]1O[C@H](CO)[C@@H](O)[C@H]1O. The number of hydrogen-bond acceptors (Lipinski definition) is 8. The van der Waals surface area contributed by atoms with Crippen molar-refractivity contribution >= 4 is 22.2 Å². The molecule has 1 fully saturated rings. The van der Waals surface area contributed by atoms with E-state index in [2.05, 4.69) is 19.9 Å². The minimum atomic E-state index is -1.24. The third-order valence-electron chi connectivity index (χ3n) is 3.95. The fourth-order valence-electron chi connectivity index (χ4n) is 2.74. The second kappa shape index (κ2) is 5.06. The van der Waals surface area contributed by atoms with Gasteiger partial charge in [0.05, 0.1) is 24.6 Å². The van der Waals surface area contributed by atoms with Crippen molar-refractivity contribution in [2.45, 2.75) is 24.5 Å². The molecule has 3 aromatic heterocycles. The Morgan fingerprint density at radius 2 is 2.13 bits per heavy atom. The van der Waals surface area contributed by atoms with E-state index in [1.807, 2.05) is 0 Å². The Labute approximate surface area is 128 Å². The zero-order valence-electron chi connectivity index (χ0n) is 11.7. The maximum Gasteiger partial charge on any atom is 0.260 e. The van der Waals surface area contributed by atoms with Gasteiger partial charge >= 0.3 is 0 Å². The minimum absolute atomic E-state index is 0.231. The zero-order chi connectivity index (χ0) is 16.1. The Morgan fingerprint density at radius 1 is 1.30 bits per heavy atom. The summed E-state index contributed by atoms with van der Waals surface area (Å²) in [4.78, 5) is 26.7. The number of imidazole rings is 1. The summed E-state index contributed by atoms with van der Waals surface area (Å²) in [6.45, 7) is -0.422. The summed E-state index contributed by atoms with van der Waals surface area (Å²) in [7, 11) is 0. The lowest BCUT2D eigenvalue weighted by Gasteiger charge is -2.16. The first-order valence-electron chi connectivity index (χ1n) is 6.93. The van der Waals surface area contributed by atoms with Gasteiger partial charge < -0.3 is 25.0 Å². The van der Waals surface area contributed by atoms with E-state index in [4.69, 9.17) is 9.84 Å². The van der Waals surface area contributed by atoms with Crippen LogP contribution >= 0.6 is 0 Å². The first kappa shape index (κ1) is 14.2. The molecule has 0 radical (unpaired) electrons. The van der Waals surface area contributed by atoms with Gasteiger partial charge in [-0.2, -0.15) is 0 Å². The van der Waals surface area contributed by atoms with Crippen LogP contribution in [-0.2, 0) is 4.74 Å². The number of aliphatic hydroxyl groups excluding tert-OH is 3. The van der Waals surface area contributed by atoms with Crippen LogP contribution in [0.5, 0.6) is 0 Å². The van der Waals surface area contributed by atoms with Crippen LogP contribution in [0, 0.1) is 0 Å². The molecule has 1 saturated heterocycles. The quantitative estimate of drug-likeness (QED) is 0.436. The molecular weight excluding hydrogens is 306 g/mol. The molecular formula is C13H13N5O5. The predicted octanol–water partition coefficient (Wildman–Crippen LogP) is -1.72. The molecule has 10 nitrogen and oxygen atoms in total. The molecule has 120 valence electrons. The molecule has 0 unspecified atom stereocenters. The first-order valence-corrected chi connectivity index (χ1v) is 6.93. The summed E-state index contributed by atoms with van der Waals surface area (Å²) >= 11 is 0. The molecule has 1 aliphatic heterocycles. The van der Waals surface area contributed by atoms with Gasteiger partial charge in [-0.25, -0.2) is 15.0 Å². The van der Waals surface area contributed by atoms with E-state index in [0.29, 0.717) is 16.6 Å². The smallest absolute Gasteiger partial charge is 0.260 e. The third kappa shape index (κ3) is 2.04. The number of ether oxygens (including phenoxy) is 1. The van der Waals surface area contributed by atoms with Gasteiger partial charge in [-0.3, -0.25) is 9.36 Å². The van der Waals surface area contributed by atoms with E-state index in [1.54, 1.807) is 6.07 Å². The lowest BCUT2D eigenvalue weighted by atomic mass is 10.1. The second-order valence-corrected chi connectivity index (χ2v) is 5.31. The highest BCUT2D eigenvalue weighted by molar-refractivity contribution is 5.86. The van der Waals surface area contributed by atoms with Gasteiger partial charge in [0.2, 0.25) is 0 Å². The summed E-state index contributed by atoms with van der Waals surface area (Å²) < 4.78 is 6.91. The van der Waals surface area contributed by atoms with Crippen molar-refractivity contribution < 1.29 is 20.1 Å². The molecule has 0 spiro atoms. The Hall–Kier alpha value is -2.40. The van der Waals surface area contributed by atoms with Crippen molar-refractivity contribution in [1.29, 1.82) is 0 Å². The lowest BCUT2D eigenvalue weighted by Crippen LogP contribution is -2.33. The maximum atomic E-state index is 11.8. The maximum absolute atomic E-state index is 11.8. The summed E-state index contributed by atoms with van der Waals surface area (Å²) in [5.41, 5.74) is 0.681. The summed E-state index contributed by atoms with van der Waals surface area (Å²) in [6, 6.07) is 1.54. The third-order valence-corrected chi connectivity index (χ3v) is 3.95. The van der Waals surface area contributed by atoms with Crippen LogP contribution in [0.2, 0.25) is 0 Å². The van der Waals surface area contributed by atoms with Crippen LogP contribution in [0.15, 0.2) is 23.5 Å². The fraction of sp³-hybridized carbons (Fsp3) is 0.385. The van der Waals surface area contributed by atoms with E-state index in [1.165, 1.54) is 17.2 Å². The monoisotopic (exact) mass is 319 g/mol. The highest BCUT2D eigenvalue weighted by Crippen LogP contribution is 2.31. The van der Waals surface area contributed by atoms with Crippen LogP contribution in [0.25, 0.3) is 22.2 Å². The minimum Gasteiger partial charge on any atom is -0.394 e. The van der Waals surface area contributed by atoms with Crippen LogP contribution in [0.1, 0.15) is 6.23 Å². The Balaban J connectivity index is 1.87. The largest absolute Gasteiger partial charge is 0.394 e. The normalized spacial score (nSPS) is 28.0. The molecule has 0 aromatic carbocycles. The number of nitrogens with one attached hydrogen (secondary N) is 1. The highest BCUT2D eigenvalue weighted by atomic mass is 16.6. The fourth-order valence-corrected chi connectivity index (χ4v) is 2.74. The average molecular weight is 319 g/mol. The van der Waals surface area contributed by atoms with Gasteiger partial charge in [0.1, 0.15) is 23.8 Å². The molecule has 0 bridgehead atoms. The number of aromatic amines is 1. The van der Waals surface area contributed by atoms with Gasteiger partial charge in [0.15, 0.2) is 17.5 Å². The van der Waals surface area contributed by atoms with Crippen molar-refractivity contribution in [1.82, 2.24) is 24.5 Å². The zero-order valence-corrected chi connectivity index (χ0v) is 11.7.